The molecule has 6 heteroatoms. The fourth-order valence-corrected chi connectivity index (χ4v) is 3.70. The fraction of sp³-hybridized carbons (Fsp3) is 0.400. The third-order valence-corrected chi connectivity index (χ3v) is 4.83. The van der Waals surface area contributed by atoms with Crippen molar-refractivity contribution in [3.8, 4) is 0 Å². The zero-order valence-corrected chi connectivity index (χ0v) is 11.9. The number of halogens is 1. The Labute approximate surface area is 110 Å². The highest BCUT2D eigenvalue weighted by atomic mass is 79.9. The largest absolute Gasteiger partial charge is 0.383 e. The van der Waals surface area contributed by atoms with E-state index in [0.29, 0.717) is 0 Å². The van der Waals surface area contributed by atoms with Gasteiger partial charge in [-0.25, -0.2) is 0 Å². The third kappa shape index (κ3) is 2.34. The van der Waals surface area contributed by atoms with E-state index in [1.54, 1.807) is 11.3 Å². The number of rotatable bonds is 4. The molecule has 2 aromatic rings. The standard InChI is InChI=1S/C10H11BrN2OS2/c1-2-3-8-10(16-13-12-8)9(14)6-4-15-5-7(6)11/h4-5,9,14H,2-3H2,1H3. The van der Waals surface area contributed by atoms with Crippen molar-refractivity contribution < 1.29 is 5.11 Å². The van der Waals surface area contributed by atoms with Gasteiger partial charge in [0.2, 0.25) is 0 Å². The summed E-state index contributed by atoms with van der Waals surface area (Å²) in [6.45, 7) is 2.09. The molecule has 0 radical (unpaired) electrons. The van der Waals surface area contributed by atoms with E-state index in [1.807, 2.05) is 10.8 Å². The van der Waals surface area contributed by atoms with E-state index in [4.69, 9.17) is 0 Å². The van der Waals surface area contributed by atoms with E-state index in [-0.39, 0.29) is 0 Å². The monoisotopic (exact) mass is 318 g/mol. The van der Waals surface area contributed by atoms with Crippen molar-refractivity contribution in [1.82, 2.24) is 9.59 Å². The number of nitrogens with zero attached hydrogens (tertiary/aromatic N) is 2. The van der Waals surface area contributed by atoms with Gasteiger partial charge in [-0.05, 0) is 39.3 Å². The van der Waals surface area contributed by atoms with E-state index >= 15 is 0 Å². The van der Waals surface area contributed by atoms with Crippen molar-refractivity contribution in [2.75, 3.05) is 0 Å². The molecular formula is C10H11BrN2OS2. The molecule has 2 aromatic heterocycles. The van der Waals surface area contributed by atoms with E-state index in [2.05, 4.69) is 32.4 Å². The van der Waals surface area contributed by atoms with Crippen LogP contribution in [0.2, 0.25) is 0 Å². The van der Waals surface area contributed by atoms with Gasteiger partial charge in [0, 0.05) is 15.4 Å². The van der Waals surface area contributed by atoms with Crippen molar-refractivity contribution in [3.63, 3.8) is 0 Å². The maximum absolute atomic E-state index is 10.3. The molecule has 1 atom stereocenters. The minimum atomic E-state index is -0.609. The number of hydrogen-bond donors (Lipinski definition) is 1. The van der Waals surface area contributed by atoms with Gasteiger partial charge in [-0.2, -0.15) is 11.3 Å². The van der Waals surface area contributed by atoms with Gasteiger partial charge in [0.05, 0.1) is 10.6 Å². The minimum absolute atomic E-state index is 0.609. The number of aliphatic hydroxyl groups is 1. The van der Waals surface area contributed by atoms with Gasteiger partial charge in [0.15, 0.2) is 0 Å². The maximum atomic E-state index is 10.3. The summed E-state index contributed by atoms with van der Waals surface area (Å²) >= 11 is 6.28. The molecule has 86 valence electrons. The highest BCUT2D eigenvalue weighted by molar-refractivity contribution is 9.10. The molecule has 0 spiro atoms. The van der Waals surface area contributed by atoms with E-state index in [9.17, 15) is 5.11 Å². The highest BCUT2D eigenvalue weighted by Gasteiger charge is 2.20. The molecule has 0 aliphatic rings. The van der Waals surface area contributed by atoms with Crippen LogP contribution in [-0.4, -0.2) is 14.7 Å². The summed E-state index contributed by atoms with van der Waals surface area (Å²) in [5, 5.41) is 18.2. The minimum Gasteiger partial charge on any atom is -0.383 e. The molecule has 1 N–H and O–H groups in total. The molecule has 16 heavy (non-hydrogen) atoms. The first-order chi connectivity index (χ1) is 7.74. The van der Waals surface area contributed by atoms with E-state index in [0.717, 1.165) is 33.4 Å². The lowest BCUT2D eigenvalue weighted by atomic mass is 10.1. The summed E-state index contributed by atoms with van der Waals surface area (Å²) in [7, 11) is 0. The molecule has 0 bridgehead atoms. The average Bonchev–Trinajstić information content (AvgIpc) is 2.87. The average molecular weight is 319 g/mol. The molecule has 0 aliphatic heterocycles. The summed E-state index contributed by atoms with van der Waals surface area (Å²) in [6, 6.07) is 0. The van der Waals surface area contributed by atoms with Crippen LogP contribution in [0.25, 0.3) is 0 Å². The Kier molecular flexibility index (Phi) is 4.07. The summed E-state index contributed by atoms with van der Waals surface area (Å²) in [5.74, 6) is 0. The maximum Gasteiger partial charge on any atom is 0.119 e. The Morgan fingerprint density at radius 3 is 2.94 bits per heavy atom. The van der Waals surface area contributed by atoms with Crippen molar-refractivity contribution in [2.45, 2.75) is 25.9 Å². The molecular weight excluding hydrogens is 308 g/mol. The van der Waals surface area contributed by atoms with Crippen molar-refractivity contribution in [1.29, 1.82) is 0 Å². The van der Waals surface area contributed by atoms with Gasteiger partial charge < -0.3 is 5.11 Å². The van der Waals surface area contributed by atoms with Crippen molar-refractivity contribution in [3.05, 3.63) is 31.4 Å². The third-order valence-electron chi connectivity index (χ3n) is 2.26. The quantitative estimate of drug-likeness (QED) is 0.939. The predicted octanol–water partition coefficient (Wildman–Crippen LogP) is 3.40. The molecule has 0 aromatic carbocycles. The topological polar surface area (TPSA) is 46.0 Å². The number of thiophene rings is 1. The van der Waals surface area contributed by atoms with Crippen LogP contribution in [0.5, 0.6) is 0 Å². The zero-order chi connectivity index (χ0) is 11.5. The zero-order valence-electron chi connectivity index (χ0n) is 8.68. The van der Waals surface area contributed by atoms with Gasteiger partial charge in [0.1, 0.15) is 6.10 Å². The van der Waals surface area contributed by atoms with Crippen LogP contribution in [0.1, 0.15) is 35.6 Å². The summed E-state index contributed by atoms with van der Waals surface area (Å²) < 4.78 is 4.87. The molecule has 0 saturated carbocycles. The van der Waals surface area contributed by atoms with Gasteiger partial charge in [-0.15, -0.1) is 5.10 Å². The normalized spacial score (nSPS) is 12.9. The van der Waals surface area contributed by atoms with E-state index < -0.39 is 6.10 Å². The first-order valence-electron chi connectivity index (χ1n) is 4.94. The fourth-order valence-electron chi connectivity index (χ4n) is 1.46. The Morgan fingerprint density at radius 1 is 1.50 bits per heavy atom. The lowest BCUT2D eigenvalue weighted by Crippen LogP contribution is -2.00. The van der Waals surface area contributed by atoms with Gasteiger partial charge >= 0.3 is 0 Å². The SMILES string of the molecule is CCCc1nnsc1C(O)c1cscc1Br. The molecule has 0 amide bonds. The van der Waals surface area contributed by atoms with Crippen LogP contribution < -0.4 is 0 Å². The molecule has 0 aliphatic carbocycles. The summed E-state index contributed by atoms with van der Waals surface area (Å²) in [4.78, 5) is 0.862. The van der Waals surface area contributed by atoms with Gasteiger partial charge in [0.25, 0.3) is 0 Å². The number of hydrogen-bond acceptors (Lipinski definition) is 5. The molecule has 0 saturated heterocycles. The van der Waals surface area contributed by atoms with E-state index in [1.165, 1.54) is 11.5 Å². The van der Waals surface area contributed by atoms with Crippen molar-refractivity contribution >= 4 is 38.8 Å². The Bertz CT molecular complexity index is 469. The van der Waals surface area contributed by atoms with Crippen LogP contribution in [0.3, 0.4) is 0 Å². The lowest BCUT2D eigenvalue weighted by Gasteiger charge is -2.08. The van der Waals surface area contributed by atoms with Gasteiger partial charge in [-0.1, -0.05) is 17.8 Å². The van der Waals surface area contributed by atoms with Crippen LogP contribution in [-0.2, 0) is 6.42 Å². The molecule has 1 unspecified atom stereocenters. The number of aliphatic hydroxyl groups excluding tert-OH is 1. The molecule has 2 rings (SSSR count). The summed E-state index contributed by atoms with van der Waals surface area (Å²) in [5.41, 5.74) is 1.81. The first kappa shape index (κ1) is 12.2. The Morgan fingerprint density at radius 2 is 2.31 bits per heavy atom. The second kappa shape index (κ2) is 5.35. The predicted molar refractivity (Wildman–Crippen MR) is 70.0 cm³/mol. The van der Waals surface area contributed by atoms with Crippen LogP contribution >= 0.6 is 38.8 Å². The molecule has 3 nitrogen and oxygen atoms in total. The van der Waals surface area contributed by atoms with Crippen LogP contribution in [0, 0.1) is 0 Å². The molecule has 0 fully saturated rings. The Balaban J connectivity index is 2.30. The van der Waals surface area contributed by atoms with Crippen molar-refractivity contribution in [2.24, 2.45) is 0 Å². The van der Waals surface area contributed by atoms with Gasteiger partial charge in [-0.3, -0.25) is 0 Å². The second-order valence-electron chi connectivity index (χ2n) is 3.41. The highest BCUT2D eigenvalue weighted by Crippen LogP contribution is 2.34. The second-order valence-corrected chi connectivity index (χ2v) is 5.80. The number of aryl methyl sites for hydroxylation is 1. The Hall–Kier alpha value is -0.300. The first-order valence-corrected chi connectivity index (χ1v) is 7.45. The molecule has 2 heterocycles. The van der Waals surface area contributed by atoms with Crippen LogP contribution in [0.4, 0.5) is 0 Å². The number of aromatic nitrogens is 2. The summed E-state index contributed by atoms with van der Waals surface area (Å²) in [6.07, 6.45) is 1.27. The smallest absolute Gasteiger partial charge is 0.119 e. The lowest BCUT2D eigenvalue weighted by molar-refractivity contribution is 0.222. The van der Waals surface area contributed by atoms with Crippen LogP contribution in [0.15, 0.2) is 15.2 Å².